The summed E-state index contributed by atoms with van der Waals surface area (Å²) in [4.78, 5) is 18.1. The van der Waals surface area contributed by atoms with Crippen LogP contribution in [0.5, 0.6) is 5.75 Å². The third-order valence-corrected chi connectivity index (χ3v) is 6.52. The molecule has 2 heterocycles. The monoisotopic (exact) mass is 426 g/mol. The van der Waals surface area contributed by atoms with Gasteiger partial charge in [-0.3, -0.25) is 9.69 Å². The maximum absolute atomic E-state index is 13.7. The fraction of sp³-hybridized carbons (Fsp3) is 0.321. The van der Waals surface area contributed by atoms with Crippen molar-refractivity contribution in [2.24, 2.45) is 0 Å². The van der Waals surface area contributed by atoms with Gasteiger partial charge in [0, 0.05) is 12.1 Å². The molecule has 1 saturated heterocycles. The highest BCUT2D eigenvalue weighted by molar-refractivity contribution is 6.12. The fourth-order valence-corrected chi connectivity index (χ4v) is 4.81. The Hall–Kier alpha value is -3.11. The summed E-state index contributed by atoms with van der Waals surface area (Å²) in [6.07, 6.45) is 5.54. The number of hydrogen-bond acceptors (Lipinski definition) is 3. The Morgan fingerprint density at radius 1 is 0.781 bits per heavy atom. The van der Waals surface area contributed by atoms with E-state index in [1.54, 1.807) is 0 Å². The first kappa shape index (κ1) is 20.8. The van der Waals surface area contributed by atoms with Gasteiger partial charge in [0.05, 0.1) is 18.0 Å². The van der Waals surface area contributed by atoms with Crippen molar-refractivity contribution in [3.05, 3.63) is 89.5 Å². The van der Waals surface area contributed by atoms with Gasteiger partial charge in [0.15, 0.2) is 0 Å². The fourth-order valence-electron chi connectivity index (χ4n) is 4.81. The quantitative estimate of drug-likeness (QED) is 0.479. The number of hydrogen-bond donors (Lipinski definition) is 0. The van der Waals surface area contributed by atoms with E-state index >= 15 is 0 Å². The molecule has 32 heavy (non-hydrogen) atoms. The van der Waals surface area contributed by atoms with E-state index in [1.807, 2.05) is 65.6 Å². The predicted molar refractivity (Wildman–Crippen MR) is 129 cm³/mol. The predicted octanol–water partition coefficient (Wildman–Crippen LogP) is 5.63. The SMILES string of the molecule is O=C(c1ccc(OCCCN2CCCC2)cc1)N1c2ccccc2CCc2ccccc21. The molecule has 164 valence electrons. The largest absolute Gasteiger partial charge is 0.494 e. The van der Waals surface area contributed by atoms with Crippen LogP contribution in [0.2, 0.25) is 0 Å². The zero-order valence-electron chi connectivity index (χ0n) is 18.5. The number of fused-ring (bicyclic) bond motifs is 2. The van der Waals surface area contributed by atoms with Crippen LogP contribution in [0.4, 0.5) is 11.4 Å². The second-order valence-corrected chi connectivity index (χ2v) is 8.67. The summed E-state index contributed by atoms with van der Waals surface area (Å²) in [5.41, 5.74) is 5.03. The molecule has 0 aromatic heterocycles. The summed E-state index contributed by atoms with van der Waals surface area (Å²) < 4.78 is 5.93. The van der Waals surface area contributed by atoms with Gasteiger partial charge >= 0.3 is 0 Å². The second kappa shape index (κ2) is 9.58. The van der Waals surface area contributed by atoms with Gasteiger partial charge in [-0.1, -0.05) is 36.4 Å². The number of aryl methyl sites for hydroxylation is 2. The molecule has 3 aromatic rings. The highest BCUT2D eigenvalue weighted by Crippen LogP contribution is 2.37. The minimum absolute atomic E-state index is 0.00705. The molecule has 1 amide bonds. The Labute approximate surface area is 190 Å². The summed E-state index contributed by atoms with van der Waals surface area (Å²) in [6, 6.07) is 24.1. The van der Waals surface area contributed by atoms with Gasteiger partial charge in [0.2, 0.25) is 0 Å². The minimum atomic E-state index is -0.00705. The van der Waals surface area contributed by atoms with Crippen molar-refractivity contribution in [1.82, 2.24) is 4.90 Å². The third-order valence-electron chi connectivity index (χ3n) is 6.52. The Bertz CT molecular complexity index is 1020. The highest BCUT2D eigenvalue weighted by Gasteiger charge is 2.26. The lowest BCUT2D eigenvalue weighted by atomic mass is 10.0. The molecular weight excluding hydrogens is 396 g/mol. The van der Waals surface area contributed by atoms with Gasteiger partial charge in [-0.05, 0) is 92.7 Å². The summed E-state index contributed by atoms with van der Waals surface area (Å²) in [5.74, 6) is 0.812. The molecule has 0 atom stereocenters. The molecule has 0 unspecified atom stereocenters. The van der Waals surface area contributed by atoms with Crippen molar-refractivity contribution in [3.8, 4) is 5.75 Å². The zero-order valence-corrected chi connectivity index (χ0v) is 18.5. The number of likely N-dealkylation sites (tertiary alicyclic amines) is 1. The Balaban J connectivity index is 1.32. The zero-order chi connectivity index (χ0) is 21.8. The highest BCUT2D eigenvalue weighted by atomic mass is 16.5. The lowest BCUT2D eigenvalue weighted by Gasteiger charge is -2.25. The van der Waals surface area contributed by atoms with Crippen molar-refractivity contribution < 1.29 is 9.53 Å². The van der Waals surface area contributed by atoms with Crippen LogP contribution in [0.15, 0.2) is 72.8 Å². The standard InChI is InChI=1S/C28H30N2O2/c31-28(24-14-16-25(17-15-24)32-21-7-20-29-18-5-6-19-29)30-26-10-3-1-8-22(26)12-13-23-9-2-4-11-27(23)30/h1-4,8-11,14-17H,5-7,12-13,18-21H2. The molecule has 3 aromatic carbocycles. The lowest BCUT2D eigenvalue weighted by molar-refractivity contribution is 0.0999. The van der Waals surface area contributed by atoms with Gasteiger partial charge in [0.1, 0.15) is 5.75 Å². The van der Waals surface area contributed by atoms with E-state index in [2.05, 4.69) is 17.0 Å². The average molecular weight is 427 g/mol. The van der Waals surface area contributed by atoms with E-state index in [0.717, 1.165) is 42.9 Å². The Morgan fingerprint density at radius 2 is 1.38 bits per heavy atom. The number of anilines is 2. The normalized spacial score (nSPS) is 15.7. The van der Waals surface area contributed by atoms with Gasteiger partial charge in [-0.25, -0.2) is 0 Å². The number of rotatable bonds is 6. The van der Waals surface area contributed by atoms with Crippen LogP contribution in [0.25, 0.3) is 0 Å². The molecule has 0 aliphatic carbocycles. The summed E-state index contributed by atoms with van der Waals surface area (Å²) >= 11 is 0. The van der Waals surface area contributed by atoms with Gasteiger partial charge in [-0.15, -0.1) is 0 Å². The van der Waals surface area contributed by atoms with Crippen molar-refractivity contribution in [2.45, 2.75) is 32.1 Å². The van der Waals surface area contributed by atoms with E-state index in [1.165, 1.54) is 37.1 Å². The maximum atomic E-state index is 13.7. The minimum Gasteiger partial charge on any atom is -0.494 e. The molecule has 2 aliphatic heterocycles. The van der Waals surface area contributed by atoms with Crippen LogP contribution in [0.1, 0.15) is 40.7 Å². The van der Waals surface area contributed by atoms with Gasteiger partial charge in [0.25, 0.3) is 5.91 Å². The Kier molecular flexibility index (Phi) is 6.22. The van der Waals surface area contributed by atoms with Crippen LogP contribution >= 0.6 is 0 Å². The topological polar surface area (TPSA) is 32.8 Å². The second-order valence-electron chi connectivity index (χ2n) is 8.67. The van der Waals surface area contributed by atoms with Crippen LogP contribution < -0.4 is 9.64 Å². The molecule has 0 saturated carbocycles. The summed E-state index contributed by atoms with van der Waals surface area (Å²) in [6.45, 7) is 4.25. The van der Waals surface area contributed by atoms with E-state index in [4.69, 9.17) is 4.74 Å². The van der Waals surface area contributed by atoms with Crippen molar-refractivity contribution in [1.29, 1.82) is 0 Å². The molecule has 4 nitrogen and oxygen atoms in total. The number of benzene rings is 3. The first-order valence-electron chi connectivity index (χ1n) is 11.7. The number of carbonyl (C=O) groups excluding carboxylic acids is 1. The molecular formula is C28H30N2O2. The van der Waals surface area contributed by atoms with Crippen molar-refractivity contribution >= 4 is 17.3 Å². The molecule has 0 radical (unpaired) electrons. The van der Waals surface area contributed by atoms with Crippen molar-refractivity contribution in [3.63, 3.8) is 0 Å². The first-order valence-corrected chi connectivity index (χ1v) is 11.7. The summed E-state index contributed by atoms with van der Waals surface area (Å²) in [5, 5.41) is 0. The lowest BCUT2D eigenvalue weighted by Crippen LogP contribution is -2.26. The van der Waals surface area contributed by atoms with E-state index < -0.39 is 0 Å². The molecule has 4 heteroatoms. The number of amides is 1. The van der Waals surface area contributed by atoms with Crippen LogP contribution in [0, 0.1) is 0 Å². The smallest absolute Gasteiger partial charge is 0.262 e. The average Bonchev–Trinajstić information content (AvgIpc) is 3.30. The van der Waals surface area contributed by atoms with Crippen LogP contribution in [0.3, 0.4) is 0 Å². The van der Waals surface area contributed by atoms with Gasteiger partial charge < -0.3 is 9.64 Å². The number of carbonyl (C=O) groups is 1. The van der Waals surface area contributed by atoms with E-state index in [-0.39, 0.29) is 5.91 Å². The molecule has 2 aliphatic rings. The van der Waals surface area contributed by atoms with E-state index in [0.29, 0.717) is 12.2 Å². The number of para-hydroxylation sites is 2. The number of ether oxygens (including phenoxy) is 1. The Morgan fingerprint density at radius 3 is 2.00 bits per heavy atom. The third kappa shape index (κ3) is 4.42. The van der Waals surface area contributed by atoms with Crippen LogP contribution in [-0.2, 0) is 12.8 Å². The summed E-state index contributed by atoms with van der Waals surface area (Å²) in [7, 11) is 0. The van der Waals surface area contributed by atoms with Gasteiger partial charge in [-0.2, -0.15) is 0 Å². The van der Waals surface area contributed by atoms with Crippen LogP contribution in [-0.4, -0.2) is 37.0 Å². The number of nitrogens with zero attached hydrogens (tertiary/aromatic N) is 2. The van der Waals surface area contributed by atoms with E-state index in [9.17, 15) is 4.79 Å². The maximum Gasteiger partial charge on any atom is 0.262 e. The van der Waals surface area contributed by atoms with Crippen molar-refractivity contribution in [2.75, 3.05) is 31.1 Å². The molecule has 1 fully saturated rings. The molecule has 0 N–H and O–H groups in total. The molecule has 0 bridgehead atoms. The first-order chi connectivity index (χ1) is 15.8. The molecule has 0 spiro atoms. The molecule has 5 rings (SSSR count).